The standard InChI is InChI=1S/C12H22O4/c1-5-6-7-9(11(14)15)8-10(13)16-12(2,3)4/h9H,5-8H2,1-4H3,(H,14,15)/t9-/m0/s1. The average Bonchev–Trinajstić information content (AvgIpc) is 2.08. The maximum absolute atomic E-state index is 11.5. The highest BCUT2D eigenvalue weighted by Crippen LogP contribution is 2.16. The average molecular weight is 230 g/mol. The summed E-state index contributed by atoms with van der Waals surface area (Å²) in [6.07, 6.45) is 2.25. The highest BCUT2D eigenvalue weighted by Gasteiger charge is 2.24. The second kappa shape index (κ2) is 6.51. The van der Waals surface area contributed by atoms with Gasteiger partial charge in [-0.1, -0.05) is 19.8 Å². The third kappa shape index (κ3) is 7.26. The second-order valence-corrected chi connectivity index (χ2v) is 4.97. The molecule has 0 aliphatic carbocycles. The Bertz CT molecular complexity index is 240. The lowest BCUT2D eigenvalue weighted by Gasteiger charge is -2.20. The van der Waals surface area contributed by atoms with Crippen molar-refractivity contribution in [2.75, 3.05) is 0 Å². The highest BCUT2D eigenvalue weighted by atomic mass is 16.6. The van der Waals surface area contributed by atoms with Gasteiger partial charge in [-0.2, -0.15) is 0 Å². The van der Waals surface area contributed by atoms with E-state index in [1.54, 1.807) is 20.8 Å². The summed E-state index contributed by atoms with van der Waals surface area (Å²) < 4.78 is 5.10. The molecule has 0 aromatic carbocycles. The first kappa shape index (κ1) is 14.9. The Morgan fingerprint density at radius 1 is 1.31 bits per heavy atom. The number of carboxylic acid groups (broad SMARTS) is 1. The number of carbonyl (C=O) groups is 2. The van der Waals surface area contributed by atoms with Gasteiger partial charge < -0.3 is 9.84 Å². The summed E-state index contributed by atoms with van der Waals surface area (Å²) in [4.78, 5) is 22.3. The van der Waals surface area contributed by atoms with Crippen LogP contribution in [0.25, 0.3) is 0 Å². The van der Waals surface area contributed by atoms with Gasteiger partial charge >= 0.3 is 11.9 Å². The summed E-state index contributed by atoms with van der Waals surface area (Å²) in [5.74, 6) is -1.97. The lowest BCUT2D eigenvalue weighted by Crippen LogP contribution is -2.27. The Kier molecular flexibility index (Phi) is 6.08. The molecule has 0 aliphatic heterocycles. The van der Waals surface area contributed by atoms with Crippen molar-refractivity contribution in [2.45, 2.75) is 59.0 Å². The Balaban J connectivity index is 4.19. The van der Waals surface area contributed by atoms with Crippen molar-refractivity contribution in [3.63, 3.8) is 0 Å². The highest BCUT2D eigenvalue weighted by molar-refractivity contribution is 5.78. The van der Waals surface area contributed by atoms with Crippen LogP contribution in [-0.4, -0.2) is 22.6 Å². The molecule has 0 unspecified atom stereocenters. The van der Waals surface area contributed by atoms with Crippen molar-refractivity contribution in [1.82, 2.24) is 0 Å². The summed E-state index contributed by atoms with van der Waals surface area (Å²) >= 11 is 0. The van der Waals surface area contributed by atoms with Crippen LogP contribution < -0.4 is 0 Å². The van der Waals surface area contributed by atoms with Crippen molar-refractivity contribution in [1.29, 1.82) is 0 Å². The lowest BCUT2D eigenvalue weighted by molar-refractivity contribution is -0.160. The van der Waals surface area contributed by atoms with Crippen LogP contribution in [0.5, 0.6) is 0 Å². The number of unbranched alkanes of at least 4 members (excludes halogenated alkanes) is 1. The molecule has 94 valence electrons. The Morgan fingerprint density at radius 2 is 1.88 bits per heavy atom. The van der Waals surface area contributed by atoms with E-state index in [0.29, 0.717) is 6.42 Å². The predicted molar refractivity (Wildman–Crippen MR) is 61.1 cm³/mol. The van der Waals surface area contributed by atoms with Gasteiger partial charge in [0.1, 0.15) is 5.60 Å². The van der Waals surface area contributed by atoms with Crippen LogP contribution >= 0.6 is 0 Å². The lowest BCUT2D eigenvalue weighted by atomic mass is 9.99. The zero-order valence-corrected chi connectivity index (χ0v) is 10.6. The molecule has 0 fully saturated rings. The molecule has 1 atom stereocenters. The van der Waals surface area contributed by atoms with Crippen molar-refractivity contribution < 1.29 is 19.4 Å². The number of carbonyl (C=O) groups excluding carboxylic acids is 1. The number of ether oxygens (including phenoxy) is 1. The number of rotatable bonds is 6. The van der Waals surface area contributed by atoms with E-state index >= 15 is 0 Å². The van der Waals surface area contributed by atoms with Gasteiger partial charge in [-0.25, -0.2) is 0 Å². The molecule has 0 rings (SSSR count). The first-order valence-electron chi connectivity index (χ1n) is 5.71. The zero-order valence-electron chi connectivity index (χ0n) is 10.6. The van der Waals surface area contributed by atoms with Gasteiger partial charge in [-0.15, -0.1) is 0 Å². The molecule has 0 heterocycles. The minimum absolute atomic E-state index is 0.0351. The minimum atomic E-state index is -0.917. The second-order valence-electron chi connectivity index (χ2n) is 4.97. The fourth-order valence-electron chi connectivity index (χ4n) is 1.35. The molecule has 0 spiro atoms. The minimum Gasteiger partial charge on any atom is -0.481 e. The molecule has 0 bridgehead atoms. The molecule has 0 aromatic heterocycles. The molecule has 0 aliphatic rings. The van der Waals surface area contributed by atoms with Gasteiger partial charge in [0.05, 0.1) is 12.3 Å². The van der Waals surface area contributed by atoms with Crippen LogP contribution in [0.15, 0.2) is 0 Å². The number of esters is 1. The van der Waals surface area contributed by atoms with Crippen LogP contribution in [0.1, 0.15) is 53.4 Å². The van der Waals surface area contributed by atoms with Gasteiger partial charge in [0.25, 0.3) is 0 Å². The van der Waals surface area contributed by atoms with E-state index in [2.05, 4.69) is 0 Å². The van der Waals surface area contributed by atoms with Crippen molar-refractivity contribution >= 4 is 11.9 Å². The maximum atomic E-state index is 11.5. The first-order chi connectivity index (χ1) is 7.26. The number of hydrogen-bond donors (Lipinski definition) is 1. The van der Waals surface area contributed by atoms with E-state index in [0.717, 1.165) is 12.8 Å². The van der Waals surface area contributed by atoms with Crippen LogP contribution in [0.2, 0.25) is 0 Å². The monoisotopic (exact) mass is 230 g/mol. The van der Waals surface area contributed by atoms with Crippen LogP contribution in [0, 0.1) is 5.92 Å². The molecule has 0 saturated heterocycles. The van der Waals surface area contributed by atoms with E-state index < -0.39 is 23.5 Å². The molecular weight excluding hydrogens is 208 g/mol. The third-order valence-corrected chi connectivity index (χ3v) is 2.09. The van der Waals surface area contributed by atoms with Crippen LogP contribution in [-0.2, 0) is 14.3 Å². The number of carboxylic acids is 1. The zero-order chi connectivity index (χ0) is 12.8. The van der Waals surface area contributed by atoms with E-state index in [9.17, 15) is 9.59 Å². The molecule has 4 nitrogen and oxygen atoms in total. The smallest absolute Gasteiger partial charge is 0.307 e. The first-order valence-corrected chi connectivity index (χ1v) is 5.71. The molecule has 16 heavy (non-hydrogen) atoms. The summed E-state index contributed by atoms with van der Waals surface area (Å²) in [5, 5.41) is 8.94. The summed E-state index contributed by atoms with van der Waals surface area (Å²) in [6, 6.07) is 0. The summed E-state index contributed by atoms with van der Waals surface area (Å²) in [7, 11) is 0. The van der Waals surface area contributed by atoms with Crippen molar-refractivity contribution in [2.24, 2.45) is 5.92 Å². The molecular formula is C12H22O4. The third-order valence-electron chi connectivity index (χ3n) is 2.09. The normalized spacial score (nSPS) is 13.2. The molecule has 0 saturated carbocycles. The largest absolute Gasteiger partial charge is 0.481 e. The Hall–Kier alpha value is -1.06. The van der Waals surface area contributed by atoms with Crippen LogP contribution in [0.4, 0.5) is 0 Å². The summed E-state index contributed by atoms with van der Waals surface area (Å²) in [5.41, 5.74) is -0.551. The van der Waals surface area contributed by atoms with Gasteiger partial charge in [0, 0.05) is 0 Å². The van der Waals surface area contributed by atoms with E-state index in [4.69, 9.17) is 9.84 Å². The van der Waals surface area contributed by atoms with E-state index in [1.165, 1.54) is 0 Å². The molecule has 0 amide bonds. The Morgan fingerprint density at radius 3 is 2.25 bits per heavy atom. The molecule has 0 aromatic rings. The van der Waals surface area contributed by atoms with E-state index in [-0.39, 0.29) is 6.42 Å². The topological polar surface area (TPSA) is 63.6 Å². The number of aliphatic carboxylic acids is 1. The van der Waals surface area contributed by atoms with Gasteiger partial charge in [-0.3, -0.25) is 9.59 Å². The SMILES string of the molecule is CCCC[C@@H](CC(=O)OC(C)(C)C)C(=O)O. The summed E-state index contributed by atoms with van der Waals surface area (Å²) in [6.45, 7) is 7.30. The maximum Gasteiger partial charge on any atom is 0.307 e. The molecule has 4 heteroatoms. The van der Waals surface area contributed by atoms with Gasteiger partial charge in [-0.05, 0) is 27.2 Å². The fraction of sp³-hybridized carbons (Fsp3) is 0.833. The fourth-order valence-corrected chi connectivity index (χ4v) is 1.35. The van der Waals surface area contributed by atoms with Gasteiger partial charge in [0.15, 0.2) is 0 Å². The van der Waals surface area contributed by atoms with Crippen molar-refractivity contribution in [3.8, 4) is 0 Å². The Labute approximate surface area is 97.0 Å². The predicted octanol–water partition coefficient (Wildman–Crippen LogP) is 2.61. The molecule has 1 N–H and O–H groups in total. The van der Waals surface area contributed by atoms with Gasteiger partial charge in [0.2, 0.25) is 0 Å². The number of hydrogen-bond acceptors (Lipinski definition) is 3. The molecule has 0 radical (unpaired) electrons. The quantitative estimate of drug-likeness (QED) is 0.712. The van der Waals surface area contributed by atoms with E-state index in [1.807, 2.05) is 6.92 Å². The van der Waals surface area contributed by atoms with Crippen LogP contribution in [0.3, 0.4) is 0 Å². The van der Waals surface area contributed by atoms with Crippen molar-refractivity contribution in [3.05, 3.63) is 0 Å².